The van der Waals surface area contributed by atoms with E-state index in [1.54, 1.807) is 0 Å². The van der Waals surface area contributed by atoms with Gasteiger partial charge in [0.1, 0.15) is 5.82 Å². The van der Waals surface area contributed by atoms with E-state index in [0.717, 1.165) is 12.1 Å². The zero-order valence-corrected chi connectivity index (χ0v) is 13.6. The van der Waals surface area contributed by atoms with Crippen LogP contribution in [0.5, 0.6) is 0 Å². The topological polar surface area (TPSA) is 92.7 Å². The van der Waals surface area contributed by atoms with E-state index in [1.165, 1.54) is 13.0 Å². The normalized spacial score (nSPS) is 17.8. The Hall–Kier alpha value is -1.51. The zero-order chi connectivity index (χ0) is 17.0. The minimum absolute atomic E-state index is 0.0764. The number of aryl methyl sites for hydroxylation is 1. The Labute approximate surface area is 134 Å². The van der Waals surface area contributed by atoms with Crippen LogP contribution >= 0.6 is 0 Å². The largest absolute Gasteiger partial charge is 0.481 e. The van der Waals surface area contributed by atoms with E-state index < -0.39 is 27.7 Å². The lowest BCUT2D eigenvalue weighted by Crippen LogP contribution is -2.38. The Morgan fingerprint density at radius 1 is 1.43 bits per heavy atom. The van der Waals surface area contributed by atoms with Crippen molar-refractivity contribution < 1.29 is 27.4 Å². The third-order valence-corrected chi connectivity index (χ3v) is 5.51. The lowest BCUT2D eigenvalue weighted by molar-refractivity contribution is -0.144. The summed E-state index contributed by atoms with van der Waals surface area (Å²) in [6.07, 6.45) is 1.18. The highest BCUT2D eigenvalue weighted by Crippen LogP contribution is 2.24. The molecule has 0 amide bonds. The molecule has 0 saturated carbocycles. The molecule has 1 fully saturated rings. The fourth-order valence-electron chi connectivity index (χ4n) is 2.64. The molecular formula is C15H20FNO5S. The van der Waals surface area contributed by atoms with E-state index in [1.807, 2.05) is 0 Å². The molecule has 1 saturated heterocycles. The minimum Gasteiger partial charge on any atom is -0.481 e. The molecule has 1 heterocycles. The molecule has 2 N–H and O–H groups in total. The summed E-state index contributed by atoms with van der Waals surface area (Å²) in [7, 11) is -3.88. The molecule has 0 bridgehead atoms. The summed E-state index contributed by atoms with van der Waals surface area (Å²) in [5, 5.41) is 9.35. The molecule has 1 unspecified atom stereocenters. The van der Waals surface area contributed by atoms with Crippen LogP contribution in [0, 0.1) is 24.6 Å². The number of carboxylic acids is 1. The highest BCUT2D eigenvalue weighted by atomic mass is 32.2. The second kappa shape index (κ2) is 7.37. The van der Waals surface area contributed by atoms with E-state index in [9.17, 15) is 22.7 Å². The van der Waals surface area contributed by atoms with E-state index in [0.29, 0.717) is 26.1 Å². The number of nitrogens with one attached hydrogen (secondary N) is 1. The molecule has 1 aromatic carbocycles. The third kappa shape index (κ3) is 4.49. The average molecular weight is 345 g/mol. The van der Waals surface area contributed by atoms with Crippen molar-refractivity contribution in [2.75, 3.05) is 19.8 Å². The maximum Gasteiger partial charge on any atom is 0.308 e. The first-order chi connectivity index (χ1) is 10.8. The van der Waals surface area contributed by atoms with Crippen molar-refractivity contribution in [3.05, 3.63) is 29.6 Å². The quantitative estimate of drug-likeness (QED) is 0.816. The number of halogens is 1. The molecule has 6 nitrogen and oxygen atoms in total. The molecule has 128 valence electrons. The number of ether oxygens (including phenoxy) is 1. The van der Waals surface area contributed by atoms with Gasteiger partial charge < -0.3 is 9.84 Å². The Morgan fingerprint density at radius 2 is 2.09 bits per heavy atom. The second-order valence-electron chi connectivity index (χ2n) is 5.66. The Balaban J connectivity index is 2.09. The van der Waals surface area contributed by atoms with Crippen LogP contribution in [0.25, 0.3) is 0 Å². The van der Waals surface area contributed by atoms with Crippen LogP contribution in [-0.2, 0) is 19.6 Å². The molecule has 1 aromatic rings. The number of carbonyl (C=O) groups is 1. The molecule has 0 aromatic heterocycles. The van der Waals surface area contributed by atoms with Crippen LogP contribution < -0.4 is 4.72 Å². The predicted octanol–water partition coefficient (Wildman–Crippen LogP) is 1.54. The first-order valence-corrected chi connectivity index (χ1v) is 8.86. The smallest absolute Gasteiger partial charge is 0.308 e. The summed E-state index contributed by atoms with van der Waals surface area (Å²) in [5.41, 5.74) is 0.215. The van der Waals surface area contributed by atoms with Gasteiger partial charge in [0.15, 0.2) is 0 Å². The SMILES string of the molecule is Cc1cc(S(=O)(=O)NCC(C(=O)O)C2CCOCC2)ccc1F. The van der Waals surface area contributed by atoms with Crippen molar-refractivity contribution in [3.63, 3.8) is 0 Å². The van der Waals surface area contributed by atoms with Crippen LogP contribution in [-0.4, -0.2) is 39.3 Å². The standard InChI is InChI=1S/C15H20FNO5S/c1-10-8-12(2-3-14(10)16)23(20,21)17-9-13(15(18)19)11-4-6-22-7-5-11/h2-3,8,11,13,17H,4-7,9H2,1H3,(H,18,19). The third-order valence-electron chi connectivity index (χ3n) is 4.09. The molecule has 1 atom stereocenters. The van der Waals surface area contributed by atoms with Gasteiger partial charge in [-0.25, -0.2) is 17.5 Å². The van der Waals surface area contributed by atoms with E-state index >= 15 is 0 Å². The molecule has 0 aliphatic carbocycles. The summed E-state index contributed by atoms with van der Waals surface area (Å²) in [5.74, 6) is -2.46. The molecule has 23 heavy (non-hydrogen) atoms. The average Bonchev–Trinajstić information content (AvgIpc) is 2.50. The maximum absolute atomic E-state index is 13.2. The Morgan fingerprint density at radius 3 is 2.65 bits per heavy atom. The van der Waals surface area contributed by atoms with Gasteiger partial charge in [0.2, 0.25) is 10.0 Å². The summed E-state index contributed by atoms with van der Waals surface area (Å²) < 4.78 is 45.3. The number of hydrogen-bond acceptors (Lipinski definition) is 4. The van der Waals surface area contributed by atoms with Crippen molar-refractivity contribution in [1.82, 2.24) is 4.72 Å². The molecule has 1 aliphatic heterocycles. The number of hydrogen-bond donors (Lipinski definition) is 2. The van der Waals surface area contributed by atoms with Crippen LogP contribution in [0.2, 0.25) is 0 Å². The van der Waals surface area contributed by atoms with Crippen molar-refractivity contribution in [1.29, 1.82) is 0 Å². The van der Waals surface area contributed by atoms with E-state index in [2.05, 4.69) is 4.72 Å². The molecule has 1 aliphatic rings. The zero-order valence-electron chi connectivity index (χ0n) is 12.8. The van der Waals surface area contributed by atoms with Crippen molar-refractivity contribution >= 4 is 16.0 Å². The van der Waals surface area contributed by atoms with Gasteiger partial charge in [-0.1, -0.05) is 0 Å². The van der Waals surface area contributed by atoms with Gasteiger partial charge in [0.25, 0.3) is 0 Å². The molecule has 0 radical (unpaired) electrons. The summed E-state index contributed by atoms with van der Waals surface area (Å²) in [6, 6.07) is 3.47. The van der Waals surface area contributed by atoms with Crippen molar-refractivity contribution in [3.8, 4) is 0 Å². The van der Waals surface area contributed by atoms with Gasteiger partial charge in [-0.15, -0.1) is 0 Å². The van der Waals surface area contributed by atoms with Crippen LogP contribution in [0.1, 0.15) is 18.4 Å². The highest BCUT2D eigenvalue weighted by molar-refractivity contribution is 7.89. The van der Waals surface area contributed by atoms with Crippen LogP contribution in [0.4, 0.5) is 4.39 Å². The minimum atomic E-state index is -3.88. The van der Waals surface area contributed by atoms with Gasteiger partial charge in [-0.3, -0.25) is 4.79 Å². The number of carboxylic acid groups (broad SMARTS) is 1. The summed E-state index contributed by atoms with van der Waals surface area (Å²) >= 11 is 0. The van der Waals surface area contributed by atoms with E-state index in [-0.39, 0.29) is 22.9 Å². The van der Waals surface area contributed by atoms with Gasteiger partial charge in [-0.2, -0.15) is 0 Å². The number of rotatable bonds is 6. The first-order valence-electron chi connectivity index (χ1n) is 7.37. The summed E-state index contributed by atoms with van der Waals surface area (Å²) in [4.78, 5) is 11.3. The molecular weight excluding hydrogens is 325 g/mol. The number of benzene rings is 1. The predicted molar refractivity (Wildman–Crippen MR) is 81.0 cm³/mol. The lowest BCUT2D eigenvalue weighted by Gasteiger charge is -2.27. The summed E-state index contributed by atoms with van der Waals surface area (Å²) in [6.45, 7) is 2.24. The van der Waals surface area contributed by atoms with Gasteiger partial charge in [0, 0.05) is 19.8 Å². The van der Waals surface area contributed by atoms with Crippen LogP contribution in [0.3, 0.4) is 0 Å². The highest BCUT2D eigenvalue weighted by Gasteiger charge is 2.31. The van der Waals surface area contributed by atoms with Crippen molar-refractivity contribution in [2.24, 2.45) is 11.8 Å². The second-order valence-corrected chi connectivity index (χ2v) is 7.42. The van der Waals surface area contributed by atoms with Crippen molar-refractivity contribution in [2.45, 2.75) is 24.7 Å². The molecule has 2 rings (SSSR count). The Bertz CT molecular complexity index is 670. The maximum atomic E-state index is 13.2. The monoisotopic (exact) mass is 345 g/mol. The molecule has 0 spiro atoms. The van der Waals surface area contributed by atoms with Gasteiger partial charge >= 0.3 is 5.97 Å². The van der Waals surface area contributed by atoms with Gasteiger partial charge in [-0.05, 0) is 49.4 Å². The van der Waals surface area contributed by atoms with Gasteiger partial charge in [0.05, 0.1) is 10.8 Å². The Kier molecular flexibility index (Phi) is 5.72. The van der Waals surface area contributed by atoms with Crippen LogP contribution in [0.15, 0.2) is 23.1 Å². The first kappa shape index (κ1) is 17.8. The fraction of sp³-hybridized carbons (Fsp3) is 0.533. The lowest BCUT2D eigenvalue weighted by atomic mass is 9.86. The fourth-order valence-corrected chi connectivity index (χ4v) is 3.79. The molecule has 8 heteroatoms. The number of aliphatic carboxylic acids is 1. The van der Waals surface area contributed by atoms with E-state index in [4.69, 9.17) is 4.74 Å². The number of sulfonamides is 1.